The summed E-state index contributed by atoms with van der Waals surface area (Å²) in [5, 5.41) is 2.42. The van der Waals surface area contributed by atoms with Gasteiger partial charge >= 0.3 is 11.9 Å². The van der Waals surface area contributed by atoms with E-state index in [-0.39, 0.29) is 52.1 Å². The number of amides is 1. The average Bonchev–Trinajstić information content (AvgIpc) is 2.95. The van der Waals surface area contributed by atoms with E-state index in [0.717, 1.165) is 38.5 Å². The lowest BCUT2D eigenvalue weighted by Crippen LogP contribution is -2.30. The fraction of sp³-hybridized carbons (Fsp3) is 0.906. The number of rotatable bonds is 30. The summed E-state index contributed by atoms with van der Waals surface area (Å²) in [6.45, 7) is 4.57. The van der Waals surface area contributed by atoms with Crippen molar-refractivity contribution in [3.05, 3.63) is 0 Å². The molecule has 2 atom stereocenters. The van der Waals surface area contributed by atoms with E-state index in [4.69, 9.17) is 18.5 Å². The molecule has 264 valence electrons. The number of quaternary nitrogens is 1. The lowest BCUT2D eigenvalue weighted by atomic mass is 10.1. The van der Waals surface area contributed by atoms with Crippen LogP contribution in [0.3, 0.4) is 0 Å². The van der Waals surface area contributed by atoms with Crippen molar-refractivity contribution in [2.45, 2.75) is 163 Å². The summed E-state index contributed by atoms with van der Waals surface area (Å²) < 4.78 is 32.4. The molecule has 0 aromatic rings. The molecule has 12 heteroatoms. The molecule has 0 radical (unpaired) electrons. The predicted octanol–water partition coefficient (Wildman–Crippen LogP) is 7.93. The summed E-state index contributed by atoms with van der Waals surface area (Å²) >= 11 is 0. The number of phosphoric ester groups is 1. The monoisotopic (exact) mass is 654 g/mol. The first-order valence-corrected chi connectivity index (χ1v) is 17.9. The van der Waals surface area contributed by atoms with Crippen LogP contribution in [0.5, 0.6) is 0 Å². The van der Waals surface area contributed by atoms with E-state index >= 15 is 0 Å². The Balaban J connectivity index is -0.00000840. The maximum absolute atomic E-state index is 12.4. The van der Waals surface area contributed by atoms with Gasteiger partial charge in [-0.25, -0.2) is 0 Å². The zero-order valence-electron chi connectivity index (χ0n) is 27.7. The molecule has 11 nitrogen and oxygen atoms in total. The zero-order valence-corrected chi connectivity index (χ0v) is 28.6. The van der Waals surface area contributed by atoms with Crippen molar-refractivity contribution in [3.8, 4) is 0 Å². The molecule has 0 heterocycles. The first kappa shape index (κ1) is 46.9. The molecule has 0 spiro atoms. The second-order valence-electron chi connectivity index (χ2n) is 11.0. The quantitative estimate of drug-likeness (QED) is 0.0442. The second-order valence-corrected chi connectivity index (χ2v) is 12.4. The van der Waals surface area contributed by atoms with Crippen molar-refractivity contribution in [1.82, 2.24) is 11.5 Å². The Morgan fingerprint density at radius 3 is 1.57 bits per heavy atom. The van der Waals surface area contributed by atoms with Crippen LogP contribution in [-0.2, 0) is 37.5 Å². The van der Waals surface area contributed by atoms with Gasteiger partial charge in [-0.05, 0) is 12.8 Å². The molecule has 0 aromatic heterocycles. The molecular formula is C32H67N2O9P. The van der Waals surface area contributed by atoms with Crippen molar-refractivity contribution in [2.24, 2.45) is 0 Å². The SMILES string of the molecule is C.CCCCCCCCCCCC(=O)OC[C@H](COP(=O)([O-])OCCNC(C)=O)OC(=O)CCCCCCCCCCC.[NH4+]. The van der Waals surface area contributed by atoms with Crippen molar-refractivity contribution >= 4 is 25.7 Å². The number of hydrogen-bond acceptors (Lipinski definition) is 9. The van der Waals surface area contributed by atoms with Crippen LogP contribution in [0.25, 0.3) is 0 Å². The summed E-state index contributed by atoms with van der Waals surface area (Å²) in [5.74, 6) is -1.23. The van der Waals surface area contributed by atoms with Gasteiger partial charge in [0.1, 0.15) is 6.61 Å². The van der Waals surface area contributed by atoms with E-state index in [1.54, 1.807) is 0 Å². The maximum atomic E-state index is 12.4. The van der Waals surface area contributed by atoms with Crippen LogP contribution in [0.4, 0.5) is 0 Å². The van der Waals surface area contributed by atoms with Crippen LogP contribution in [0, 0.1) is 0 Å². The Hall–Kier alpha value is -1.52. The highest BCUT2D eigenvalue weighted by Gasteiger charge is 2.21. The lowest BCUT2D eigenvalue weighted by molar-refractivity contribution is -0.228. The van der Waals surface area contributed by atoms with E-state index in [2.05, 4.69) is 19.2 Å². The minimum atomic E-state index is -4.71. The third-order valence-electron chi connectivity index (χ3n) is 6.84. The molecule has 0 aliphatic carbocycles. The number of ether oxygens (including phenoxy) is 2. The van der Waals surface area contributed by atoms with E-state index in [1.807, 2.05) is 0 Å². The van der Waals surface area contributed by atoms with E-state index in [1.165, 1.54) is 71.1 Å². The van der Waals surface area contributed by atoms with Gasteiger partial charge in [-0.15, -0.1) is 0 Å². The van der Waals surface area contributed by atoms with Gasteiger partial charge in [-0.2, -0.15) is 0 Å². The number of nitrogens with one attached hydrogen (secondary N) is 1. The molecule has 1 unspecified atom stereocenters. The van der Waals surface area contributed by atoms with Crippen LogP contribution in [0.15, 0.2) is 0 Å². The summed E-state index contributed by atoms with van der Waals surface area (Å²) in [6.07, 6.45) is 19.5. The molecular weight excluding hydrogens is 587 g/mol. The molecule has 0 bridgehead atoms. The molecule has 0 aliphatic rings. The van der Waals surface area contributed by atoms with Crippen molar-refractivity contribution < 1.29 is 42.4 Å². The van der Waals surface area contributed by atoms with Crippen molar-refractivity contribution in [2.75, 3.05) is 26.4 Å². The summed E-state index contributed by atoms with van der Waals surface area (Å²) in [5.41, 5.74) is 0. The van der Waals surface area contributed by atoms with Gasteiger partial charge < -0.3 is 34.9 Å². The summed E-state index contributed by atoms with van der Waals surface area (Å²) in [7, 11) is -4.71. The lowest BCUT2D eigenvalue weighted by Gasteiger charge is -2.25. The Morgan fingerprint density at radius 1 is 0.682 bits per heavy atom. The van der Waals surface area contributed by atoms with Gasteiger partial charge in [0.25, 0.3) is 7.82 Å². The first-order valence-electron chi connectivity index (χ1n) is 16.4. The second kappa shape index (κ2) is 32.9. The fourth-order valence-electron chi connectivity index (χ4n) is 4.38. The Morgan fingerprint density at radius 2 is 1.11 bits per heavy atom. The standard InChI is InChI=1S/C31H60NO9P.CH4.H3N/c1-4-6-8-10-12-14-16-18-20-22-30(34)38-26-29(27-40-42(36,37)39-25-24-32-28(3)33)41-31(35)23-21-19-17-15-13-11-9-7-5-2;;/h29H,4-27H2,1-3H3,(H,32,33)(H,36,37);1H4;1H3/t29-;;/m1../s1. The predicted molar refractivity (Wildman–Crippen MR) is 175 cm³/mol. The largest absolute Gasteiger partial charge is 0.756 e. The molecule has 0 saturated carbocycles. The fourth-order valence-corrected chi connectivity index (χ4v) is 5.11. The molecule has 0 fully saturated rings. The maximum Gasteiger partial charge on any atom is 0.306 e. The Kier molecular flexibility index (Phi) is 35.0. The Labute approximate surface area is 268 Å². The third kappa shape index (κ3) is 33.4. The topological polar surface area (TPSA) is 177 Å². The molecule has 0 aliphatic heterocycles. The van der Waals surface area contributed by atoms with Crippen molar-refractivity contribution in [1.29, 1.82) is 0 Å². The minimum absolute atomic E-state index is 0. The smallest absolute Gasteiger partial charge is 0.306 e. The van der Waals surface area contributed by atoms with Gasteiger partial charge in [0, 0.05) is 26.3 Å². The normalized spacial score (nSPS) is 12.7. The van der Waals surface area contributed by atoms with Gasteiger partial charge in [0.05, 0.1) is 13.2 Å². The van der Waals surface area contributed by atoms with Crippen LogP contribution in [-0.4, -0.2) is 50.3 Å². The molecule has 1 amide bonds. The van der Waals surface area contributed by atoms with Gasteiger partial charge in [0.15, 0.2) is 6.10 Å². The number of phosphoric acid groups is 1. The highest BCUT2D eigenvalue weighted by Crippen LogP contribution is 2.38. The van der Waals surface area contributed by atoms with Crippen LogP contribution < -0.4 is 16.4 Å². The highest BCUT2D eigenvalue weighted by atomic mass is 31.2. The zero-order chi connectivity index (χ0) is 31.3. The number of hydrogen-bond donors (Lipinski definition) is 2. The van der Waals surface area contributed by atoms with Gasteiger partial charge in [-0.3, -0.25) is 18.9 Å². The number of esters is 2. The minimum Gasteiger partial charge on any atom is -0.756 e. The van der Waals surface area contributed by atoms with Gasteiger partial charge in [-0.1, -0.05) is 124 Å². The number of carbonyl (C=O) groups excluding carboxylic acids is 3. The van der Waals surface area contributed by atoms with Crippen LogP contribution in [0.2, 0.25) is 0 Å². The van der Waals surface area contributed by atoms with E-state index in [0.29, 0.717) is 12.8 Å². The molecule has 0 aromatic carbocycles. The molecule has 44 heavy (non-hydrogen) atoms. The average molecular weight is 655 g/mol. The van der Waals surface area contributed by atoms with Gasteiger partial charge in [0.2, 0.25) is 5.91 Å². The van der Waals surface area contributed by atoms with Crippen LogP contribution >= 0.6 is 7.82 Å². The third-order valence-corrected chi connectivity index (χ3v) is 7.81. The molecule has 0 saturated heterocycles. The van der Waals surface area contributed by atoms with Crippen LogP contribution in [0.1, 0.15) is 157 Å². The van der Waals surface area contributed by atoms with Crippen molar-refractivity contribution in [3.63, 3.8) is 0 Å². The molecule has 0 rings (SSSR count). The molecule has 5 N–H and O–H groups in total. The van der Waals surface area contributed by atoms with E-state index in [9.17, 15) is 23.8 Å². The Bertz CT molecular complexity index is 741. The highest BCUT2D eigenvalue weighted by molar-refractivity contribution is 7.45. The number of carbonyl (C=O) groups is 3. The first-order chi connectivity index (χ1) is 20.2. The van der Waals surface area contributed by atoms with E-state index < -0.39 is 32.5 Å². The number of unbranched alkanes of at least 4 members (excludes halogenated alkanes) is 16. The summed E-state index contributed by atoms with van der Waals surface area (Å²) in [6, 6.07) is 0. The summed E-state index contributed by atoms with van der Waals surface area (Å²) in [4.78, 5) is 47.7.